The third kappa shape index (κ3) is 3.59. The van der Waals surface area contributed by atoms with Crippen LogP contribution in [0.15, 0.2) is 54.3 Å². The van der Waals surface area contributed by atoms with E-state index in [1.54, 1.807) is 0 Å². The molecular weight excluding hydrogens is 411 g/mol. The number of nitrogens with zero attached hydrogens (tertiary/aromatic N) is 2. The maximum Gasteiger partial charge on any atom is 0.416 e. The zero-order valence-corrected chi connectivity index (χ0v) is 17.0. The van der Waals surface area contributed by atoms with Crippen LogP contribution in [0, 0.1) is 19.3 Å². The van der Waals surface area contributed by atoms with E-state index < -0.39 is 11.7 Å². The van der Waals surface area contributed by atoms with Crippen LogP contribution in [-0.2, 0) is 6.18 Å². The van der Waals surface area contributed by atoms with Gasteiger partial charge < -0.3 is 10.0 Å². The summed E-state index contributed by atoms with van der Waals surface area (Å²) >= 11 is 1.35. The second-order valence-corrected chi connectivity index (χ2v) is 8.30. The van der Waals surface area contributed by atoms with Crippen molar-refractivity contribution in [2.45, 2.75) is 20.0 Å². The second-order valence-electron chi connectivity index (χ2n) is 7.09. The molecule has 30 heavy (non-hydrogen) atoms. The fourth-order valence-electron chi connectivity index (χ4n) is 3.36. The molecule has 154 valence electrons. The van der Waals surface area contributed by atoms with Gasteiger partial charge in [0.05, 0.1) is 23.4 Å². The Morgan fingerprint density at radius 2 is 1.80 bits per heavy atom. The van der Waals surface area contributed by atoms with Crippen molar-refractivity contribution in [1.29, 1.82) is 5.41 Å². The summed E-state index contributed by atoms with van der Waals surface area (Å²) in [5.41, 5.74) is 2.47. The summed E-state index contributed by atoms with van der Waals surface area (Å²) < 4.78 is 39.2. The van der Waals surface area contributed by atoms with Crippen LogP contribution in [0.2, 0.25) is 0 Å². The van der Waals surface area contributed by atoms with Gasteiger partial charge in [-0.3, -0.25) is 5.41 Å². The normalized spacial score (nSPS) is 14.7. The number of halogens is 3. The van der Waals surface area contributed by atoms with Crippen molar-refractivity contribution in [2.75, 3.05) is 11.4 Å². The summed E-state index contributed by atoms with van der Waals surface area (Å²) in [6, 6.07) is 12.6. The first kappa shape index (κ1) is 20.2. The molecule has 2 aromatic carbocycles. The van der Waals surface area contributed by atoms with E-state index in [0.717, 1.165) is 33.8 Å². The van der Waals surface area contributed by atoms with Crippen LogP contribution in [0.25, 0.3) is 16.8 Å². The zero-order valence-electron chi connectivity index (χ0n) is 16.2. The quantitative estimate of drug-likeness (QED) is 0.520. The van der Waals surface area contributed by atoms with E-state index >= 15 is 0 Å². The minimum atomic E-state index is -4.48. The Bertz CT molecular complexity index is 1160. The van der Waals surface area contributed by atoms with E-state index in [2.05, 4.69) is 4.98 Å². The van der Waals surface area contributed by atoms with Crippen LogP contribution in [0.5, 0.6) is 0 Å². The second kappa shape index (κ2) is 7.28. The van der Waals surface area contributed by atoms with Crippen molar-refractivity contribution in [1.82, 2.24) is 4.98 Å². The predicted octanol–water partition coefficient (Wildman–Crippen LogP) is 6.21. The summed E-state index contributed by atoms with van der Waals surface area (Å²) in [5, 5.41) is 19.5. The number of aliphatic hydroxyl groups is 1. The van der Waals surface area contributed by atoms with Crippen molar-refractivity contribution >= 4 is 28.4 Å². The van der Waals surface area contributed by atoms with Gasteiger partial charge in [0.2, 0.25) is 0 Å². The fraction of sp³-hybridized carbons (Fsp3) is 0.182. The van der Waals surface area contributed by atoms with E-state index in [0.29, 0.717) is 5.01 Å². The third-order valence-electron chi connectivity index (χ3n) is 4.92. The zero-order chi connectivity index (χ0) is 21.6. The minimum Gasteiger partial charge on any atom is -0.510 e. The summed E-state index contributed by atoms with van der Waals surface area (Å²) in [4.78, 5) is 6.91. The number of thiazole rings is 1. The van der Waals surface area contributed by atoms with Gasteiger partial charge >= 0.3 is 6.18 Å². The van der Waals surface area contributed by atoms with Crippen LogP contribution in [0.1, 0.15) is 21.0 Å². The van der Waals surface area contributed by atoms with Gasteiger partial charge in [0.15, 0.2) is 0 Å². The highest BCUT2D eigenvalue weighted by Gasteiger charge is 2.34. The SMILES string of the molecule is Cc1ccc(-c2nc(C3=C(O)CN(c4cccc(C(F)(F)F)c4)C3=N)sc2C)cc1. The van der Waals surface area contributed by atoms with Gasteiger partial charge in [-0.25, -0.2) is 4.98 Å². The summed E-state index contributed by atoms with van der Waals surface area (Å²) in [6.07, 6.45) is -4.48. The maximum atomic E-state index is 13.1. The molecule has 0 spiro atoms. The van der Waals surface area contributed by atoms with E-state index in [4.69, 9.17) is 5.41 Å². The van der Waals surface area contributed by atoms with Crippen molar-refractivity contribution < 1.29 is 18.3 Å². The first-order chi connectivity index (χ1) is 14.1. The van der Waals surface area contributed by atoms with E-state index in [9.17, 15) is 18.3 Å². The Morgan fingerprint density at radius 1 is 1.10 bits per heavy atom. The molecule has 2 N–H and O–H groups in total. The van der Waals surface area contributed by atoms with Gasteiger partial charge in [0.25, 0.3) is 0 Å². The van der Waals surface area contributed by atoms with Gasteiger partial charge in [-0.1, -0.05) is 35.9 Å². The predicted molar refractivity (Wildman–Crippen MR) is 113 cm³/mol. The molecule has 3 aromatic rings. The number of rotatable bonds is 3. The lowest BCUT2D eigenvalue weighted by Gasteiger charge is -2.20. The molecule has 0 saturated heterocycles. The molecule has 2 heterocycles. The number of alkyl halides is 3. The van der Waals surface area contributed by atoms with E-state index in [1.165, 1.54) is 28.4 Å². The van der Waals surface area contributed by atoms with Crippen molar-refractivity contribution in [3.63, 3.8) is 0 Å². The van der Waals surface area contributed by atoms with Gasteiger partial charge in [0, 0.05) is 16.1 Å². The Hall–Kier alpha value is -3.13. The molecule has 1 aliphatic rings. The number of benzene rings is 2. The van der Waals surface area contributed by atoms with Crippen LogP contribution >= 0.6 is 11.3 Å². The standard InChI is InChI=1S/C22H18F3N3OS/c1-12-6-8-14(9-7-12)19-13(2)30-21(27-19)18-17(29)11-28(20(18)26)16-5-3-4-15(10-16)22(23,24)25/h3-10,26,29H,11H2,1-2H3. The van der Waals surface area contributed by atoms with Crippen molar-refractivity contribution in [3.8, 4) is 11.3 Å². The molecule has 0 fully saturated rings. The molecule has 1 aromatic heterocycles. The monoisotopic (exact) mass is 429 g/mol. The number of aromatic nitrogens is 1. The molecule has 4 rings (SSSR count). The summed E-state index contributed by atoms with van der Waals surface area (Å²) in [5.74, 6) is -0.155. The van der Waals surface area contributed by atoms with E-state index in [-0.39, 0.29) is 29.4 Å². The molecule has 8 heteroatoms. The highest BCUT2D eigenvalue weighted by molar-refractivity contribution is 7.13. The van der Waals surface area contributed by atoms with Crippen LogP contribution in [-0.4, -0.2) is 22.5 Å². The number of amidine groups is 1. The van der Waals surface area contributed by atoms with Gasteiger partial charge in [-0.05, 0) is 32.0 Å². The van der Waals surface area contributed by atoms with Crippen LogP contribution in [0.4, 0.5) is 18.9 Å². The maximum absolute atomic E-state index is 13.1. The molecule has 0 amide bonds. The lowest BCUT2D eigenvalue weighted by Crippen LogP contribution is -2.26. The number of hydrogen-bond donors (Lipinski definition) is 2. The smallest absolute Gasteiger partial charge is 0.416 e. The van der Waals surface area contributed by atoms with Crippen molar-refractivity contribution in [3.05, 3.63) is 75.3 Å². The molecule has 0 unspecified atom stereocenters. The summed E-state index contributed by atoms with van der Waals surface area (Å²) in [6.45, 7) is 3.83. The Labute approximate surface area is 175 Å². The van der Waals surface area contributed by atoms with Gasteiger partial charge in [-0.2, -0.15) is 13.2 Å². The van der Waals surface area contributed by atoms with Crippen LogP contribution < -0.4 is 4.90 Å². The first-order valence-corrected chi connectivity index (χ1v) is 9.97. The lowest BCUT2D eigenvalue weighted by molar-refractivity contribution is -0.137. The number of nitrogens with one attached hydrogen (secondary N) is 1. The first-order valence-electron chi connectivity index (χ1n) is 9.16. The fourth-order valence-corrected chi connectivity index (χ4v) is 4.36. The molecule has 4 nitrogen and oxygen atoms in total. The minimum absolute atomic E-state index is 0.0731. The molecule has 0 bridgehead atoms. The van der Waals surface area contributed by atoms with Crippen molar-refractivity contribution in [2.24, 2.45) is 0 Å². The topological polar surface area (TPSA) is 60.2 Å². The average Bonchev–Trinajstić information content (AvgIpc) is 3.21. The highest BCUT2D eigenvalue weighted by Crippen LogP contribution is 2.38. The third-order valence-corrected chi connectivity index (χ3v) is 5.91. The molecule has 1 aliphatic heterocycles. The molecular formula is C22H18F3N3OS. The number of anilines is 1. The molecule has 0 radical (unpaired) electrons. The largest absolute Gasteiger partial charge is 0.510 e. The average molecular weight is 429 g/mol. The lowest BCUT2D eigenvalue weighted by atomic mass is 10.1. The summed E-state index contributed by atoms with van der Waals surface area (Å²) in [7, 11) is 0. The number of aliphatic hydroxyl groups excluding tert-OH is 1. The molecule has 0 atom stereocenters. The van der Waals surface area contributed by atoms with E-state index in [1.807, 2.05) is 38.1 Å². The van der Waals surface area contributed by atoms with Gasteiger partial charge in [-0.15, -0.1) is 11.3 Å². The Kier molecular flexibility index (Phi) is 4.89. The number of hydrogen-bond acceptors (Lipinski definition) is 4. The Morgan fingerprint density at radius 3 is 2.47 bits per heavy atom. The highest BCUT2D eigenvalue weighted by atomic mass is 32.1. The molecule has 0 aliphatic carbocycles. The van der Waals surface area contributed by atoms with Crippen LogP contribution in [0.3, 0.4) is 0 Å². The Balaban J connectivity index is 1.67. The molecule has 0 saturated carbocycles. The number of aryl methyl sites for hydroxylation is 2. The van der Waals surface area contributed by atoms with Gasteiger partial charge in [0.1, 0.15) is 16.6 Å².